The van der Waals surface area contributed by atoms with E-state index in [0.717, 1.165) is 0 Å². The second kappa shape index (κ2) is 6.03. The van der Waals surface area contributed by atoms with Crippen molar-refractivity contribution in [1.82, 2.24) is 4.90 Å². The number of hydrogen-bond acceptors (Lipinski definition) is 3. The van der Waals surface area contributed by atoms with E-state index in [-0.39, 0.29) is 12.4 Å². The largest absolute Gasteiger partial charge is 0.390 e. The van der Waals surface area contributed by atoms with Gasteiger partial charge in [-0.05, 0) is 32.3 Å². The summed E-state index contributed by atoms with van der Waals surface area (Å²) in [6, 6.07) is 4.28. The molecule has 0 bridgehead atoms. The zero-order valence-corrected chi connectivity index (χ0v) is 10.1. The van der Waals surface area contributed by atoms with E-state index in [9.17, 15) is 9.50 Å². The molecule has 1 aromatic rings. The molecule has 0 amide bonds. The highest BCUT2D eigenvalue weighted by atomic mass is 35.5. The van der Waals surface area contributed by atoms with Gasteiger partial charge in [-0.3, -0.25) is 0 Å². The maximum absolute atomic E-state index is 13.3. The first kappa shape index (κ1) is 13.2. The first-order valence-electron chi connectivity index (χ1n) is 5.00. The van der Waals surface area contributed by atoms with Gasteiger partial charge < -0.3 is 15.3 Å². The van der Waals surface area contributed by atoms with Crippen molar-refractivity contribution in [1.29, 1.82) is 0 Å². The first-order valence-corrected chi connectivity index (χ1v) is 5.38. The fourth-order valence-corrected chi connectivity index (χ4v) is 1.52. The molecule has 3 nitrogen and oxygen atoms in total. The van der Waals surface area contributed by atoms with Crippen LogP contribution in [0.2, 0.25) is 5.02 Å². The lowest BCUT2D eigenvalue weighted by Crippen LogP contribution is -2.31. The Bertz CT molecular complexity index is 347. The second-order valence-electron chi connectivity index (χ2n) is 3.92. The van der Waals surface area contributed by atoms with Crippen molar-refractivity contribution in [3.05, 3.63) is 29.0 Å². The zero-order valence-electron chi connectivity index (χ0n) is 9.37. The quantitative estimate of drug-likeness (QED) is 0.832. The lowest BCUT2D eigenvalue weighted by atomic mass is 10.2. The first-order chi connectivity index (χ1) is 7.49. The number of aliphatic hydroxyl groups is 1. The van der Waals surface area contributed by atoms with Crippen molar-refractivity contribution < 1.29 is 9.50 Å². The van der Waals surface area contributed by atoms with Crippen molar-refractivity contribution in [2.24, 2.45) is 0 Å². The van der Waals surface area contributed by atoms with Gasteiger partial charge in [0.05, 0.1) is 11.8 Å². The third kappa shape index (κ3) is 4.35. The highest BCUT2D eigenvalue weighted by Gasteiger charge is 2.07. The Labute approximate surface area is 99.8 Å². The summed E-state index contributed by atoms with van der Waals surface area (Å²) in [4.78, 5) is 1.86. The van der Waals surface area contributed by atoms with Crippen LogP contribution in [0.4, 0.5) is 10.1 Å². The molecule has 0 aliphatic carbocycles. The Balaban J connectivity index is 2.51. The van der Waals surface area contributed by atoms with E-state index in [4.69, 9.17) is 11.6 Å². The molecule has 0 aliphatic rings. The van der Waals surface area contributed by atoms with Crippen LogP contribution in [0, 0.1) is 5.82 Å². The molecule has 2 N–H and O–H groups in total. The van der Waals surface area contributed by atoms with Crippen molar-refractivity contribution in [2.75, 3.05) is 32.5 Å². The van der Waals surface area contributed by atoms with Gasteiger partial charge in [0.25, 0.3) is 0 Å². The van der Waals surface area contributed by atoms with Crippen LogP contribution < -0.4 is 5.32 Å². The number of anilines is 1. The fourth-order valence-electron chi connectivity index (χ4n) is 1.35. The molecule has 1 rings (SSSR count). The van der Waals surface area contributed by atoms with Crippen LogP contribution in [0.15, 0.2) is 18.2 Å². The van der Waals surface area contributed by atoms with Gasteiger partial charge in [-0.15, -0.1) is 0 Å². The molecule has 1 atom stereocenters. The Morgan fingerprint density at radius 3 is 2.81 bits per heavy atom. The van der Waals surface area contributed by atoms with E-state index in [1.807, 2.05) is 19.0 Å². The van der Waals surface area contributed by atoms with E-state index >= 15 is 0 Å². The standard InChI is InChI=1S/C11H16ClFN2O/c1-15(2)7-9(16)6-14-11-5-8(12)3-4-10(11)13/h3-5,9,14,16H,6-7H2,1-2H3. The van der Waals surface area contributed by atoms with Gasteiger partial charge in [-0.1, -0.05) is 11.6 Å². The number of halogens is 2. The van der Waals surface area contributed by atoms with Gasteiger partial charge in [0.2, 0.25) is 0 Å². The maximum Gasteiger partial charge on any atom is 0.146 e. The third-order valence-electron chi connectivity index (χ3n) is 2.03. The van der Waals surface area contributed by atoms with Gasteiger partial charge in [-0.25, -0.2) is 4.39 Å². The summed E-state index contributed by atoms with van der Waals surface area (Å²) in [6.07, 6.45) is -0.548. The molecule has 90 valence electrons. The Hall–Kier alpha value is -0.840. The maximum atomic E-state index is 13.3. The molecular weight excluding hydrogens is 231 g/mol. The average Bonchev–Trinajstić information content (AvgIpc) is 2.18. The Kier molecular flexibility index (Phi) is 4.99. The minimum absolute atomic E-state index is 0.287. The number of hydrogen-bond donors (Lipinski definition) is 2. The molecule has 0 radical (unpaired) electrons. The number of rotatable bonds is 5. The normalized spacial score (nSPS) is 12.9. The molecular formula is C11H16ClFN2O. The van der Waals surface area contributed by atoms with Crippen LogP contribution in [0.25, 0.3) is 0 Å². The number of nitrogens with one attached hydrogen (secondary N) is 1. The van der Waals surface area contributed by atoms with Crippen molar-refractivity contribution in [3.63, 3.8) is 0 Å². The summed E-state index contributed by atoms with van der Waals surface area (Å²) >= 11 is 5.74. The Morgan fingerprint density at radius 2 is 2.19 bits per heavy atom. The molecule has 1 unspecified atom stereocenters. The highest BCUT2D eigenvalue weighted by Crippen LogP contribution is 2.19. The minimum atomic E-state index is -0.548. The van der Waals surface area contributed by atoms with Crippen molar-refractivity contribution >= 4 is 17.3 Å². The smallest absolute Gasteiger partial charge is 0.146 e. The summed E-state index contributed by atoms with van der Waals surface area (Å²) in [6.45, 7) is 0.810. The number of benzene rings is 1. The van der Waals surface area contributed by atoms with Gasteiger partial charge in [0, 0.05) is 18.1 Å². The monoisotopic (exact) mass is 246 g/mol. The topological polar surface area (TPSA) is 35.5 Å². The van der Waals surface area contributed by atoms with Gasteiger partial charge in [0.1, 0.15) is 5.82 Å². The predicted molar refractivity (Wildman–Crippen MR) is 64.5 cm³/mol. The molecule has 5 heteroatoms. The summed E-state index contributed by atoms with van der Waals surface area (Å²) in [5.74, 6) is -0.374. The molecule has 0 saturated heterocycles. The van der Waals surface area contributed by atoms with E-state index in [2.05, 4.69) is 5.32 Å². The van der Waals surface area contributed by atoms with E-state index in [1.165, 1.54) is 18.2 Å². The van der Waals surface area contributed by atoms with Gasteiger partial charge in [-0.2, -0.15) is 0 Å². The van der Waals surface area contributed by atoms with Crippen LogP contribution in [0.3, 0.4) is 0 Å². The van der Waals surface area contributed by atoms with Crippen molar-refractivity contribution in [3.8, 4) is 0 Å². The van der Waals surface area contributed by atoms with Crippen LogP contribution in [0.5, 0.6) is 0 Å². The van der Waals surface area contributed by atoms with Crippen LogP contribution in [0.1, 0.15) is 0 Å². The minimum Gasteiger partial charge on any atom is -0.390 e. The SMILES string of the molecule is CN(C)CC(O)CNc1cc(Cl)ccc1F. The molecule has 0 aromatic heterocycles. The lowest BCUT2D eigenvalue weighted by molar-refractivity contribution is 0.148. The molecule has 0 aliphatic heterocycles. The van der Waals surface area contributed by atoms with Crippen molar-refractivity contribution in [2.45, 2.75) is 6.10 Å². The molecule has 16 heavy (non-hydrogen) atoms. The van der Waals surface area contributed by atoms with E-state index < -0.39 is 6.10 Å². The predicted octanol–water partition coefficient (Wildman–Crippen LogP) is 1.81. The summed E-state index contributed by atoms with van der Waals surface area (Å²) in [5.41, 5.74) is 0.310. The van der Waals surface area contributed by atoms with Gasteiger partial charge in [0.15, 0.2) is 0 Å². The summed E-state index contributed by atoms with van der Waals surface area (Å²) < 4.78 is 13.3. The second-order valence-corrected chi connectivity index (χ2v) is 4.36. The summed E-state index contributed by atoms with van der Waals surface area (Å²) in [5, 5.41) is 12.9. The molecule has 0 heterocycles. The number of aliphatic hydroxyl groups excluding tert-OH is 1. The van der Waals surface area contributed by atoms with Crippen LogP contribution in [-0.4, -0.2) is 43.3 Å². The number of likely N-dealkylation sites (N-methyl/N-ethyl adjacent to an activating group) is 1. The molecule has 0 fully saturated rings. The van der Waals surface area contributed by atoms with Crippen LogP contribution in [-0.2, 0) is 0 Å². The average molecular weight is 247 g/mol. The molecule has 0 spiro atoms. The van der Waals surface area contributed by atoms with Crippen LogP contribution >= 0.6 is 11.6 Å². The zero-order chi connectivity index (χ0) is 12.1. The van der Waals surface area contributed by atoms with E-state index in [0.29, 0.717) is 17.3 Å². The lowest BCUT2D eigenvalue weighted by Gasteiger charge is -2.17. The summed E-state index contributed by atoms with van der Waals surface area (Å²) in [7, 11) is 3.73. The Morgan fingerprint density at radius 1 is 1.50 bits per heavy atom. The molecule has 0 saturated carbocycles. The van der Waals surface area contributed by atoms with E-state index in [1.54, 1.807) is 0 Å². The third-order valence-corrected chi connectivity index (χ3v) is 2.27. The molecule has 1 aromatic carbocycles. The highest BCUT2D eigenvalue weighted by molar-refractivity contribution is 6.30. The van der Waals surface area contributed by atoms with Gasteiger partial charge >= 0.3 is 0 Å². The fraction of sp³-hybridized carbons (Fsp3) is 0.455. The number of nitrogens with zero attached hydrogens (tertiary/aromatic N) is 1.